The quantitative estimate of drug-likeness (QED) is 0.407. The largest absolute Gasteiger partial charge is 0.444 e. The number of rotatable bonds is 11. The van der Waals surface area contributed by atoms with E-state index in [9.17, 15) is 9.90 Å². The number of aliphatic hydroxyl groups excluding tert-OH is 1. The monoisotopic (exact) mass is 447 g/mol. The van der Waals surface area contributed by atoms with Gasteiger partial charge in [0.25, 0.3) is 0 Å². The molecule has 5 nitrogen and oxygen atoms in total. The fourth-order valence-corrected chi connectivity index (χ4v) is 4.47. The van der Waals surface area contributed by atoms with Crippen LogP contribution < -0.4 is 0 Å². The molecule has 1 unspecified atom stereocenters. The Hall–Kier alpha value is -1.59. The average molecular weight is 448 g/mol. The molecule has 0 aromatic heterocycles. The number of aliphatic hydroxyl groups is 1. The summed E-state index contributed by atoms with van der Waals surface area (Å²) >= 11 is 0. The van der Waals surface area contributed by atoms with Gasteiger partial charge in [0.2, 0.25) is 0 Å². The second-order valence-corrected chi connectivity index (χ2v) is 10.8. The van der Waals surface area contributed by atoms with Crippen molar-refractivity contribution in [3.8, 4) is 0 Å². The van der Waals surface area contributed by atoms with Gasteiger partial charge in [-0.05, 0) is 71.4 Å². The third-order valence-electron chi connectivity index (χ3n) is 6.30. The summed E-state index contributed by atoms with van der Waals surface area (Å²) in [4.78, 5) is 14.6. The van der Waals surface area contributed by atoms with Crippen molar-refractivity contribution < 1.29 is 19.4 Å². The highest BCUT2D eigenvalue weighted by Crippen LogP contribution is 2.39. The molecule has 1 fully saturated rings. The average Bonchev–Trinajstić information content (AvgIpc) is 2.99. The van der Waals surface area contributed by atoms with Crippen molar-refractivity contribution in [3.05, 3.63) is 35.4 Å². The first-order chi connectivity index (χ1) is 15.0. The molecule has 2 rings (SSSR count). The molecule has 1 N–H and O–H groups in total. The summed E-state index contributed by atoms with van der Waals surface area (Å²) < 4.78 is 11.6. The zero-order valence-electron chi connectivity index (χ0n) is 21.2. The summed E-state index contributed by atoms with van der Waals surface area (Å²) in [6.45, 7) is 11.6. The lowest BCUT2D eigenvalue weighted by Gasteiger charge is -2.41. The smallest absolute Gasteiger partial charge is 0.413 e. The minimum Gasteiger partial charge on any atom is -0.444 e. The minimum absolute atomic E-state index is 0.161. The lowest BCUT2D eigenvalue weighted by Crippen LogP contribution is -2.58. The molecule has 0 aliphatic carbocycles. The first kappa shape index (κ1) is 26.7. The van der Waals surface area contributed by atoms with Crippen LogP contribution in [-0.2, 0) is 22.3 Å². The van der Waals surface area contributed by atoms with Crippen molar-refractivity contribution in [1.82, 2.24) is 4.90 Å². The van der Waals surface area contributed by atoms with Crippen LogP contribution in [0.1, 0.15) is 97.6 Å². The first-order valence-corrected chi connectivity index (χ1v) is 12.4. The maximum absolute atomic E-state index is 13.0. The van der Waals surface area contributed by atoms with Crippen molar-refractivity contribution >= 4 is 6.09 Å². The highest BCUT2D eigenvalue weighted by atomic mass is 16.6. The molecule has 1 heterocycles. The molecular formula is C27H45NO4. The Labute approximate surface area is 195 Å². The van der Waals surface area contributed by atoms with E-state index in [0.717, 1.165) is 12.8 Å². The number of hydrogen-bond acceptors (Lipinski definition) is 4. The van der Waals surface area contributed by atoms with Crippen LogP contribution in [0.5, 0.6) is 0 Å². The molecule has 1 aliphatic rings. The molecule has 182 valence electrons. The molecular weight excluding hydrogens is 402 g/mol. The molecule has 1 aliphatic heterocycles. The van der Waals surface area contributed by atoms with Gasteiger partial charge in [0.05, 0.1) is 18.8 Å². The van der Waals surface area contributed by atoms with Gasteiger partial charge in [-0.15, -0.1) is 0 Å². The van der Waals surface area contributed by atoms with Crippen LogP contribution in [0.25, 0.3) is 0 Å². The van der Waals surface area contributed by atoms with E-state index in [1.165, 1.54) is 49.7 Å². The normalized spacial score (nSPS) is 20.5. The summed E-state index contributed by atoms with van der Waals surface area (Å²) in [6, 6.07) is 8.79. The van der Waals surface area contributed by atoms with Crippen LogP contribution in [0.15, 0.2) is 24.3 Å². The molecule has 1 amide bonds. The highest BCUT2D eigenvalue weighted by Gasteiger charge is 2.55. The number of carbonyl (C=O) groups excluding carboxylic acids is 1. The van der Waals surface area contributed by atoms with E-state index in [4.69, 9.17) is 9.47 Å². The fourth-order valence-electron chi connectivity index (χ4n) is 4.47. The molecule has 5 heteroatoms. The van der Waals surface area contributed by atoms with E-state index in [1.54, 1.807) is 4.90 Å². The van der Waals surface area contributed by atoms with Gasteiger partial charge in [0.1, 0.15) is 11.3 Å². The Morgan fingerprint density at radius 2 is 1.59 bits per heavy atom. The summed E-state index contributed by atoms with van der Waals surface area (Å²) in [7, 11) is 0. The molecule has 0 radical (unpaired) electrons. The van der Waals surface area contributed by atoms with Gasteiger partial charge in [0, 0.05) is 0 Å². The summed E-state index contributed by atoms with van der Waals surface area (Å²) in [5.74, 6) is 0. The number of hydrogen-bond donors (Lipinski definition) is 1. The molecule has 1 saturated heterocycles. The van der Waals surface area contributed by atoms with E-state index >= 15 is 0 Å². The topological polar surface area (TPSA) is 59.0 Å². The van der Waals surface area contributed by atoms with Crippen molar-refractivity contribution in [2.45, 2.75) is 116 Å². The standard InChI is InChI=1S/C27H45NO4/c1-7-8-9-10-11-12-13-22-14-16-23(17-15-22)18-19-27(20-29)21-31-26(5,6)28(27)24(30)32-25(2,3)4/h14-17,29H,7-13,18-21H2,1-6H3. The summed E-state index contributed by atoms with van der Waals surface area (Å²) in [5.41, 5.74) is 0.359. The highest BCUT2D eigenvalue weighted by molar-refractivity contribution is 5.70. The van der Waals surface area contributed by atoms with Crippen molar-refractivity contribution in [3.63, 3.8) is 0 Å². The van der Waals surface area contributed by atoms with E-state index < -0.39 is 23.0 Å². The van der Waals surface area contributed by atoms with Gasteiger partial charge in [-0.3, -0.25) is 4.90 Å². The number of benzene rings is 1. The Morgan fingerprint density at radius 1 is 1.03 bits per heavy atom. The van der Waals surface area contributed by atoms with E-state index in [2.05, 4.69) is 31.2 Å². The van der Waals surface area contributed by atoms with Crippen LogP contribution in [0.3, 0.4) is 0 Å². The predicted octanol–water partition coefficient (Wildman–Crippen LogP) is 6.26. The lowest BCUT2D eigenvalue weighted by molar-refractivity contribution is -0.0740. The first-order valence-electron chi connectivity index (χ1n) is 12.4. The van der Waals surface area contributed by atoms with Crippen LogP contribution in [0.4, 0.5) is 4.79 Å². The van der Waals surface area contributed by atoms with Gasteiger partial charge in [0.15, 0.2) is 0 Å². The molecule has 1 aromatic rings. The Morgan fingerprint density at radius 3 is 2.16 bits per heavy atom. The third kappa shape index (κ3) is 7.48. The summed E-state index contributed by atoms with van der Waals surface area (Å²) in [6.07, 6.45) is 9.93. The zero-order chi connectivity index (χ0) is 23.8. The maximum Gasteiger partial charge on any atom is 0.413 e. The zero-order valence-corrected chi connectivity index (χ0v) is 21.2. The SMILES string of the molecule is CCCCCCCCc1ccc(CCC2(CO)COC(C)(C)N2C(=O)OC(C)(C)C)cc1. The lowest BCUT2D eigenvalue weighted by atomic mass is 9.90. The fraction of sp³-hybridized carbons (Fsp3) is 0.741. The number of ether oxygens (including phenoxy) is 2. The van der Waals surface area contributed by atoms with Crippen LogP contribution in [0.2, 0.25) is 0 Å². The minimum atomic E-state index is -0.827. The molecule has 0 saturated carbocycles. The molecule has 1 atom stereocenters. The van der Waals surface area contributed by atoms with Gasteiger partial charge in [-0.25, -0.2) is 4.79 Å². The molecule has 0 bridgehead atoms. The Bertz CT molecular complexity index is 707. The Balaban J connectivity index is 1.97. The Kier molecular flexibility index (Phi) is 9.59. The number of carbonyl (C=O) groups is 1. The maximum atomic E-state index is 13.0. The van der Waals surface area contributed by atoms with Gasteiger partial charge in [-0.1, -0.05) is 63.3 Å². The second kappa shape index (κ2) is 11.5. The molecule has 1 aromatic carbocycles. The van der Waals surface area contributed by atoms with Crippen LogP contribution >= 0.6 is 0 Å². The number of amides is 1. The van der Waals surface area contributed by atoms with Crippen molar-refractivity contribution in [1.29, 1.82) is 0 Å². The van der Waals surface area contributed by atoms with Gasteiger partial charge in [-0.2, -0.15) is 0 Å². The second-order valence-electron chi connectivity index (χ2n) is 10.8. The van der Waals surface area contributed by atoms with Gasteiger partial charge < -0.3 is 14.6 Å². The van der Waals surface area contributed by atoms with Crippen LogP contribution in [-0.4, -0.2) is 46.2 Å². The van der Waals surface area contributed by atoms with Crippen molar-refractivity contribution in [2.75, 3.05) is 13.2 Å². The third-order valence-corrected chi connectivity index (χ3v) is 6.30. The van der Waals surface area contributed by atoms with E-state index in [0.29, 0.717) is 13.0 Å². The number of unbranched alkanes of at least 4 members (excludes halogenated alkanes) is 5. The molecule has 0 spiro atoms. The number of nitrogens with zero attached hydrogens (tertiary/aromatic N) is 1. The predicted molar refractivity (Wildman–Crippen MR) is 130 cm³/mol. The van der Waals surface area contributed by atoms with Gasteiger partial charge >= 0.3 is 6.09 Å². The molecule has 32 heavy (non-hydrogen) atoms. The van der Waals surface area contributed by atoms with E-state index in [-0.39, 0.29) is 6.61 Å². The van der Waals surface area contributed by atoms with Crippen molar-refractivity contribution in [2.24, 2.45) is 0 Å². The van der Waals surface area contributed by atoms with Crippen LogP contribution in [0, 0.1) is 0 Å². The van der Waals surface area contributed by atoms with E-state index in [1.807, 2.05) is 34.6 Å². The summed E-state index contributed by atoms with van der Waals surface area (Å²) in [5, 5.41) is 10.3. The number of aryl methyl sites for hydroxylation is 2.